The molecule has 0 bridgehead atoms. The van der Waals surface area contributed by atoms with Crippen molar-refractivity contribution in [1.82, 2.24) is 9.13 Å². The molecule has 144 valence electrons. The van der Waals surface area contributed by atoms with Crippen molar-refractivity contribution in [3.63, 3.8) is 0 Å². The number of hydrogen-bond acceptors (Lipinski definition) is 4. The summed E-state index contributed by atoms with van der Waals surface area (Å²) in [5.74, 6) is -0.789. The largest absolute Gasteiger partial charge is 0.332 e. The summed E-state index contributed by atoms with van der Waals surface area (Å²) in [7, 11) is 3.07. The van der Waals surface area contributed by atoms with E-state index in [9.17, 15) is 14.4 Å². The Balaban J connectivity index is 1.92. The Morgan fingerprint density at radius 1 is 0.897 bits per heavy atom. The highest BCUT2D eigenvalue weighted by Crippen LogP contribution is 2.46. The van der Waals surface area contributed by atoms with Gasteiger partial charge in [0.15, 0.2) is 5.78 Å². The quantitative estimate of drug-likeness (QED) is 0.486. The molecule has 0 radical (unpaired) electrons. The van der Waals surface area contributed by atoms with E-state index in [1.165, 1.54) is 11.6 Å². The maximum absolute atomic E-state index is 13.4. The van der Waals surface area contributed by atoms with Crippen LogP contribution in [0.4, 0.5) is 5.82 Å². The van der Waals surface area contributed by atoms with Gasteiger partial charge < -0.3 is 0 Å². The molecule has 2 aromatic carbocycles. The number of ketones is 1. The summed E-state index contributed by atoms with van der Waals surface area (Å²) < 4.78 is 3.49. The number of Topliss-reactive ketones (excluding diaryl/α,β-unsaturated/α-hetero) is 1. The van der Waals surface area contributed by atoms with Crippen LogP contribution in [0.5, 0.6) is 0 Å². The molecule has 1 aromatic heterocycles. The van der Waals surface area contributed by atoms with Crippen LogP contribution in [-0.2, 0) is 14.1 Å². The molecule has 0 saturated heterocycles. The van der Waals surface area contributed by atoms with Gasteiger partial charge >= 0.3 is 5.69 Å². The highest BCUT2D eigenvalue weighted by Gasteiger charge is 2.47. The fourth-order valence-electron chi connectivity index (χ4n) is 4.43. The second-order valence-electron chi connectivity index (χ2n) is 7.36. The number of aromatic nitrogens is 2. The zero-order valence-electron chi connectivity index (χ0n) is 15.7. The fourth-order valence-corrected chi connectivity index (χ4v) is 4.99. The van der Waals surface area contributed by atoms with Crippen molar-refractivity contribution in [3.8, 4) is 0 Å². The van der Waals surface area contributed by atoms with Gasteiger partial charge in [-0.2, -0.15) is 0 Å². The minimum absolute atomic E-state index is 0.0373. The van der Waals surface area contributed by atoms with E-state index in [0.29, 0.717) is 22.7 Å². The predicted molar refractivity (Wildman–Crippen MR) is 118 cm³/mol. The molecule has 5 rings (SSSR count). The average molecular weight is 497 g/mol. The number of carbonyl (C=O) groups is 1. The molecule has 6 nitrogen and oxygen atoms in total. The maximum atomic E-state index is 13.4. The van der Waals surface area contributed by atoms with Crippen molar-refractivity contribution in [3.05, 3.63) is 95.2 Å². The Hall–Kier alpha value is -2.81. The van der Waals surface area contributed by atoms with Gasteiger partial charge in [0.05, 0.1) is 17.2 Å². The summed E-state index contributed by atoms with van der Waals surface area (Å²) in [6.45, 7) is 0. The van der Waals surface area contributed by atoms with Crippen molar-refractivity contribution in [1.29, 1.82) is 0 Å². The van der Waals surface area contributed by atoms with Crippen LogP contribution >= 0.6 is 22.6 Å². The van der Waals surface area contributed by atoms with Gasteiger partial charge in [-0.05, 0) is 40.3 Å². The topological polar surface area (TPSA) is 73.4 Å². The van der Waals surface area contributed by atoms with E-state index in [0.717, 1.165) is 19.3 Å². The lowest BCUT2D eigenvalue weighted by Gasteiger charge is -2.30. The molecular formula is C22H16IN3O3. The zero-order chi connectivity index (χ0) is 20.4. The molecule has 0 spiro atoms. The maximum Gasteiger partial charge on any atom is 0.332 e. The number of fused-ring (bicyclic) bond motifs is 4. The van der Waals surface area contributed by atoms with Gasteiger partial charge in [-0.25, -0.2) is 9.79 Å². The number of hydrogen-bond donors (Lipinski definition) is 0. The Labute approximate surface area is 179 Å². The first-order valence-electron chi connectivity index (χ1n) is 9.17. The zero-order valence-corrected chi connectivity index (χ0v) is 17.9. The van der Waals surface area contributed by atoms with Crippen LogP contribution in [-0.4, -0.2) is 20.6 Å². The molecule has 1 aliphatic carbocycles. The number of nitrogens with zero attached hydrogens (tertiary/aromatic N) is 3. The van der Waals surface area contributed by atoms with Gasteiger partial charge in [-0.3, -0.25) is 18.7 Å². The smallest absolute Gasteiger partial charge is 0.293 e. The van der Waals surface area contributed by atoms with Crippen molar-refractivity contribution < 1.29 is 4.79 Å². The van der Waals surface area contributed by atoms with Crippen LogP contribution < -0.4 is 11.2 Å². The first kappa shape index (κ1) is 18.2. The lowest BCUT2D eigenvalue weighted by atomic mass is 9.76. The second kappa shape index (κ2) is 6.35. The Bertz CT molecular complexity index is 1370. The van der Waals surface area contributed by atoms with Crippen LogP contribution in [0.3, 0.4) is 0 Å². The third-order valence-corrected chi connectivity index (χ3v) is 6.46. The SMILES string of the molecule is Cn1c2c(c(=O)n(C)c1=O)[C@H](c1cccc(I)c1)[C@@H]1C(=O)c3ccccc3C1=N2. The second-order valence-corrected chi connectivity index (χ2v) is 8.61. The normalized spacial score (nSPS) is 19.4. The molecule has 2 heterocycles. The predicted octanol–water partition coefficient (Wildman–Crippen LogP) is 2.77. The minimum Gasteiger partial charge on any atom is -0.293 e. The van der Waals surface area contributed by atoms with Crippen LogP contribution in [0.25, 0.3) is 0 Å². The Morgan fingerprint density at radius 3 is 2.34 bits per heavy atom. The van der Waals surface area contributed by atoms with E-state index in [4.69, 9.17) is 4.99 Å². The van der Waals surface area contributed by atoms with E-state index in [2.05, 4.69) is 22.6 Å². The molecule has 1 aliphatic heterocycles. The molecule has 0 amide bonds. The van der Waals surface area contributed by atoms with Gasteiger partial charge in [0, 0.05) is 34.7 Å². The highest BCUT2D eigenvalue weighted by atomic mass is 127. The molecule has 29 heavy (non-hydrogen) atoms. The number of carbonyl (C=O) groups excluding carboxylic acids is 1. The minimum atomic E-state index is -0.580. The molecular weight excluding hydrogens is 481 g/mol. The summed E-state index contributed by atoms with van der Waals surface area (Å²) in [6.07, 6.45) is 0. The van der Waals surface area contributed by atoms with Crippen molar-refractivity contribution >= 4 is 39.9 Å². The molecule has 0 saturated carbocycles. The molecule has 2 aliphatic rings. The van der Waals surface area contributed by atoms with Gasteiger partial charge in [-0.15, -0.1) is 0 Å². The van der Waals surface area contributed by atoms with Gasteiger partial charge in [0.25, 0.3) is 5.56 Å². The molecule has 7 heteroatoms. The number of rotatable bonds is 1. The van der Waals surface area contributed by atoms with Gasteiger partial charge in [0.2, 0.25) is 0 Å². The highest BCUT2D eigenvalue weighted by molar-refractivity contribution is 14.1. The van der Waals surface area contributed by atoms with Gasteiger partial charge in [-0.1, -0.05) is 36.4 Å². The summed E-state index contributed by atoms with van der Waals surface area (Å²) in [6, 6.07) is 15.2. The Kier molecular flexibility index (Phi) is 3.99. The number of benzene rings is 2. The van der Waals surface area contributed by atoms with Crippen LogP contribution in [0, 0.1) is 9.49 Å². The standard InChI is InChI=1S/C22H16IN3O3/c1-25-20-17(21(28)26(2)22(25)29)15(11-6-5-7-12(23)10-11)16-18(24-20)13-8-3-4-9-14(13)19(16)27/h3-10,15-16H,1-2H3/t15-,16+/m1/s1. The Morgan fingerprint density at radius 2 is 1.62 bits per heavy atom. The summed E-state index contributed by atoms with van der Waals surface area (Å²) >= 11 is 2.22. The fraction of sp³-hybridized carbons (Fsp3) is 0.182. The summed E-state index contributed by atoms with van der Waals surface area (Å²) in [4.78, 5) is 43.8. The first-order chi connectivity index (χ1) is 13.9. The molecule has 2 atom stereocenters. The van der Waals surface area contributed by atoms with E-state index in [1.807, 2.05) is 42.5 Å². The van der Waals surface area contributed by atoms with Gasteiger partial charge in [0.1, 0.15) is 5.82 Å². The molecule has 0 fully saturated rings. The van der Waals surface area contributed by atoms with Crippen LogP contribution in [0.2, 0.25) is 0 Å². The van der Waals surface area contributed by atoms with E-state index in [-0.39, 0.29) is 5.78 Å². The van der Waals surface area contributed by atoms with E-state index in [1.54, 1.807) is 13.1 Å². The summed E-state index contributed by atoms with van der Waals surface area (Å²) in [5, 5.41) is 0. The third-order valence-electron chi connectivity index (χ3n) is 5.79. The van der Waals surface area contributed by atoms with Crippen molar-refractivity contribution in [2.24, 2.45) is 25.0 Å². The monoisotopic (exact) mass is 497 g/mol. The first-order valence-corrected chi connectivity index (χ1v) is 10.3. The van der Waals surface area contributed by atoms with Crippen molar-refractivity contribution in [2.45, 2.75) is 5.92 Å². The average Bonchev–Trinajstić information content (AvgIpc) is 3.01. The molecule has 0 N–H and O–H groups in total. The molecule has 0 unspecified atom stereocenters. The number of halogens is 1. The third kappa shape index (κ3) is 2.46. The summed E-state index contributed by atoms with van der Waals surface area (Å²) in [5.41, 5.74) is 2.44. The lowest BCUT2D eigenvalue weighted by molar-refractivity contribution is 0.0953. The van der Waals surface area contributed by atoms with Crippen LogP contribution in [0.15, 0.2) is 63.1 Å². The van der Waals surface area contributed by atoms with E-state index >= 15 is 0 Å². The lowest BCUT2D eigenvalue weighted by Crippen LogP contribution is -2.43. The van der Waals surface area contributed by atoms with Crippen LogP contribution in [0.1, 0.15) is 33.0 Å². The van der Waals surface area contributed by atoms with Crippen molar-refractivity contribution in [2.75, 3.05) is 0 Å². The number of aliphatic imine (C=N–C) groups is 1. The molecule has 3 aromatic rings. The van der Waals surface area contributed by atoms with E-state index < -0.39 is 23.1 Å².